The van der Waals surface area contributed by atoms with Gasteiger partial charge in [0, 0.05) is 15.8 Å². The summed E-state index contributed by atoms with van der Waals surface area (Å²) >= 11 is 8.21. The van der Waals surface area contributed by atoms with Crippen molar-refractivity contribution in [3.05, 3.63) is 22.7 Å². The van der Waals surface area contributed by atoms with Crippen LogP contribution in [0.25, 0.3) is 0 Å². The van der Waals surface area contributed by atoms with Gasteiger partial charge in [0.05, 0.1) is 0 Å². The molecule has 0 amide bonds. The minimum atomic E-state index is 0.863. The van der Waals surface area contributed by atoms with E-state index in [1.807, 2.05) is 12.2 Å². The molecule has 0 aromatic rings. The molecule has 0 spiro atoms. The Hall–Kier alpha value is 0.0500. The maximum atomic E-state index is 4.89. The molecule has 0 heterocycles. The summed E-state index contributed by atoms with van der Waals surface area (Å²) in [5, 5.41) is 0. The van der Waals surface area contributed by atoms with E-state index in [4.69, 9.17) is 12.2 Å². The van der Waals surface area contributed by atoms with Gasteiger partial charge in [0.25, 0.3) is 0 Å². The third-order valence-electron chi connectivity index (χ3n) is 0.827. The average molecular weight is 188 g/mol. The molecule has 0 aromatic carbocycles. The predicted molar refractivity (Wildman–Crippen MR) is 42.0 cm³/mol. The minimum Gasteiger partial charge on any atom is -0.0845 e. The van der Waals surface area contributed by atoms with E-state index in [0.717, 1.165) is 15.8 Å². The van der Waals surface area contributed by atoms with Crippen molar-refractivity contribution < 1.29 is 0 Å². The van der Waals surface area contributed by atoms with Crippen LogP contribution in [0, 0.1) is 6.08 Å². The summed E-state index contributed by atoms with van der Waals surface area (Å²) in [5.41, 5.74) is 0. The van der Waals surface area contributed by atoms with Crippen molar-refractivity contribution in [3.63, 3.8) is 0 Å². The Labute approximate surface area is 62.4 Å². The second kappa shape index (κ2) is 2.55. The minimum absolute atomic E-state index is 0.863. The maximum absolute atomic E-state index is 4.89. The summed E-state index contributed by atoms with van der Waals surface area (Å²) in [4.78, 5) is 0.944. The van der Waals surface area contributed by atoms with Crippen molar-refractivity contribution in [1.29, 1.82) is 0 Å². The molecule has 0 saturated carbocycles. The summed E-state index contributed by atoms with van der Waals surface area (Å²) in [6.45, 7) is 0. The lowest BCUT2D eigenvalue weighted by Gasteiger charge is -1.98. The molecule has 0 bridgehead atoms. The first kappa shape index (κ1) is 6.17. The molecular weight excluding hydrogens is 184 g/mol. The molecule has 0 aromatic heterocycles. The molecule has 0 nitrogen and oxygen atoms in total. The van der Waals surface area contributed by atoms with Crippen molar-refractivity contribution in [2.75, 3.05) is 0 Å². The molecule has 0 fully saturated rings. The fourth-order valence-electron chi connectivity index (χ4n) is 0.494. The van der Waals surface area contributed by atoms with Crippen LogP contribution in [-0.4, -0.2) is 4.86 Å². The van der Waals surface area contributed by atoms with Crippen molar-refractivity contribution in [3.8, 4) is 0 Å². The zero-order chi connectivity index (χ0) is 5.98. The van der Waals surface area contributed by atoms with Crippen molar-refractivity contribution in [2.24, 2.45) is 0 Å². The fraction of sp³-hybridized carbons (Fsp3) is 0.167. The topological polar surface area (TPSA) is 0 Å². The highest BCUT2D eigenvalue weighted by Gasteiger charge is 1.98. The fourth-order valence-corrected chi connectivity index (χ4v) is 1.34. The summed E-state index contributed by atoms with van der Waals surface area (Å²) < 4.78 is 1.12. The van der Waals surface area contributed by atoms with Crippen LogP contribution in [0.2, 0.25) is 0 Å². The molecule has 2 heteroatoms. The van der Waals surface area contributed by atoms with Gasteiger partial charge in [0.1, 0.15) is 0 Å². The van der Waals surface area contributed by atoms with Gasteiger partial charge in [0.15, 0.2) is 0 Å². The smallest absolute Gasteiger partial charge is 0.0207 e. The van der Waals surface area contributed by atoms with E-state index in [0.29, 0.717) is 0 Å². The number of hydrogen-bond donors (Lipinski definition) is 0. The first-order valence-electron chi connectivity index (χ1n) is 2.25. The van der Waals surface area contributed by atoms with Gasteiger partial charge >= 0.3 is 0 Å². The van der Waals surface area contributed by atoms with E-state index >= 15 is 0 Å². The molecule has 1 radical (unpaired) electrons. The van der Waals surface area contributed by atoms with E-state index in [1.165, 1.54) is 0 Å². The highest BCUT2D eigenvalue weighted by Crippen LogP contribution is 2.14. The van der Waals surface area contributed by atoms with Crippen molar-refractivity contribution in [1.82, 2.24) is 0 Å². The standard InChI is InChI=1S/C6H4BrS/c7-5-2-1-3-6(8)4-5/h2-3H,4H2. The summed E-state index contributed by atoms with van der Waals surface area (Å²) in [5.74, 6) is 0. The molecule has 1 aliphatic carbocycles. The van der Waals surface area contributed by atoms with Gasteiger partial charge in [-0.05, 0) is 18.2 Å². The summed E-state index contributed by atoms with van der Waals surface area (Å²) in [6.07, 6.45) is 7.48. The number of hydrogen-bond acceptors (Lipinski definition) is 1. The van der Waals surface area contributed by atoms with Crippen LogP contribution in [0.1, 0.15) is 6.42 Å². The number of halogens is 1. The van der Waals surface area contributed by atoms with Crippen LogP contribution >= 0.6 is 28.1 Å². The lowest BCUT2D eigenvalue weighted by atomic mass is 10.2. The summed E-state index contributed by atoms with van der Waals surface area (Å²) in [6, 6.07) is 0. The Balaban J connectivity index is 2.73. The van der Waals surface area contributed by atoms with Crippen LogP contribution in [0.4, 0.5) is 0 Å². The van der Waals surface area contributed by atoms with Gasteiger partial charge in [-0.1, -0.05) is 28.1 Å². The average Bonchev–Trinajstić information content (AvgIpc) is 1.64. The Bertz CT molecular complexity index is 167. The Morgan fingerprint density at radius 2 is 2.50 bits per heavy atom. The van der Waals surface area contributed by atoms with Crippen LogP contribution in [0.5, 0.6) is 0 Å². The van der Waals surface area contributed by atoms with Crippen LogP contribution < -0.4 is 0 Å². The molecule has 0 N–H and O–H groups in total. The number of thiocarbonyl (C=S) groups is 1. The van der Waals surface area contributed by atoms with E-state index in [9.17, 15) is 0 Å². The molecule has 0 aliphatic heterocycles. The number of allylic oxidation sites excluding steroid dienone is 4. The van der Waals surface area contributed by atoms with Crippen LogP contribution in [0.15, 0.2) is 16.6 Å². The monoisotopic (exact) mass is 187 g/mol. The molecule has 0 unspecified atom stereocenters. The molecule has 1 aliphatic rings. The lowest BCUT2D eigenvalue weighted by Crippen LogP contribution is -1.91. The molecule has 0 atom stereocenters. The van der Waals surface area contributed by atoms with Gasteiger partial charge in [-0.2, -0.15) is 0 Å². The van der Waals surface area contributed by atoms with Crippen molar-refractivity contribution >= 4 is 33.0 Å². The normalized spacial score (nSPS) is 18.6. The molecular formula is C6H4BrS. The third-order valence-corrected chi connectivity index (χ3v) is 1.60. The molecule has 0 saturated heterocycles. The Morgan fingerprint density at radius 3 is 2.88 bits per heavy atom. The second-order valence-electron chi connectivity index (χ2n) is 1.55. The van der Waals surface area contributed by atoms with E-state index < -0.39 is 0 Å². The zero-order valence-electron chi connectivity index (χ0n) is 4.15. The zero-order valence-corrected chi connectivity index (χ0v) is 6.55. The second-order valence-corrected chi connectivity index (χ2v) is 3.09. The largest absolute Gasteiger partial charge is 0.0845 e. The van der Waals surface area contributed by atoms with Gasteiger partial charge in [-0.25, -0.2) is 0 Å². The SMILES string of the molecule is S=C1C=[C]C=C(Br)C1. The molecule has 1 rings (SSSR count). The lowest BCUT2D eigenvalue weighted by molar-refractivity contribution is 1.46. The maximum Gasteiger partial charge on any atom is 0.0207 e. The van der Waals surface area contributed by atoms with E-state index in [2.05, 4.69) is 22.0 Å². The third kappa shape index (κ3) is 1.53. The first-order valence-corrected chi connectivity index (χ1v) is 3.46. The van der Waals surface area contributed by atoms with Crippen molar-refractivity contribution in [2.45, 2.75) is 6.42 Å². The van der Waals surface area contributed by atoms with Gasteiger partial charge in [-0.3, -0.25) is 0 Å². The summed E-state index contributed by atoms with van der Waals surface area (Å²) in [7, 11) is 0. The quantitative estimate of drug-likeness (QED) is 0.526. The highest BCUT2D eigenvalue weighted by atomic mass is 79.9. The van der Waals surface area contributed by atoms with E-state index in [-0.39, 0.29) is 0 Å². The highest BCUT2D eigenvalue weighted by molar-refractivity contribution is 9.11. The van der Waals surface area contributed by atoms with Crippen LogP contribution in [0.3, 0.4) is 0 Å². The molecule has 8 heavy (non-hydrogen) atoms. The van der Waals surface area contributed by atoms with Gasteiger partial charge in [-0.15, -0.1) is 0 Å². The number of rotatable bonds is 0. The van der Waals surface area contributed by atoms with Gasteiger partial charge < -0.3 is 0 Å². The molecule has 41 valence electrons. The predicted octanol–water partition coefficient (Wildman–Crippen LogP) is 2.40. The van der Waals surface area contributed by atoms with Crippen LogP contribution in [-0.2, 0) is 0 Å². The Kier molecular flexibility index (Phi) is 1.97. The Morgan fingerprint density at radius 1 is 1.75 bits per heavy atom. The first-order chi connectivity index (χ1) is 3.79. The van der Waals surface area contributed by atoms with E-state index in [1.54, 1.807) is 0 Å². The van der Waals surface area contributed by atoms with Gasteiger partial charge in [0.2, 0.25) is 0 Å².